The summed E-state index contributed by atoms with van der Waals surface area (Å²) in [5.41, 5.74) is 2.57. The number of carbonyl (C=O) groups excluding carboxylic acids is 1. The summed E-state index contributed by atoms with van der Waals surface area (Å²) in [6, 6.07) is 12.3. The minimum absolute atomic E-state index is 0.132. The van der Waals surface area contributed by atoms with E-state index < -0.39 is 0 Å². The SMILES string of the molecule is O=C(c1ccc(-c2ccc(NC3CC4CN(CC5CCOCC5)C[C@H]4C3)nn2)cc1)N1CCCC1. The van der Waals surface area contributed by atoms with Crippen LogP contribution in [0.1, 0.15) is 48.9 Å². The monoisotopic (exact) mass is 475 g/mol. The molecule has 2 unspecified atom stereocenters. The van der Waals surface area contributed by atoms with Crippen LogP contribution in [0.5, 0.6) is 0 Å². The number of rotatable bonds is 6. The number of carbonyl (C=O) groups is 1. The summed E-state index contributed by atoms with van der Waals surface area (Å²) in [6.07, 6.45) is 7.13. The zero-order valence-electron chi connectivity index (χ0n) is 20.6. The molecule has 1 aliphatic carbocycles. The predicted molar refractivity (Wildman–Crippen MR) is 136 cm³/mol. The van der Waals surface area contributed by atoms with Crippen LogP contribution in [-0.2, 0) is 4.74 Å². The lowest BCUT2D eigenvalue weighted by Crippen LogP contribution is -2.32. The number of nitrogens with zero attached hydrogens (tertiary/aromatic N) is 4. The van der Waals surface area contributed by atoms with Gasteiger partial charge in [-0.3, -0.25) is 4.79 Å². The standard InChI is InChI=1S/C28H37N5O2/c34-28(33-11-1-2-12-33)22-5-3-21(4-6-22)26-7-8-27(31-30-26)29-25-15-23-18-32(19-24(23)16-25)17-20-9-13-35-14-10-20/h3-8,20,23-25H,1-2,9-19H2,(H,29,31)/t23-,24?,25?/m1/s1. The number of nitrogens with one attached hydrogen (secondary N) is 1. The molecule has 2 aromatic rings. The van der Waals surface area contributed by atoms with Gasteiger partial charge in [-0.15, -0.1) is 10.2 Å². The lowest BCUT2D eigenvalue weighted by Gasteiger charge is -2.27. The van der Waals surface area contributed by atoms with E-state index >= 15 is 0 Å². The first-order valence-corrected chi connectivity index (χ1v) is 13.5. The minimum Gasteiger partial charge on any atom is -0.381 e. The Morgan fingerprint density at radius 2 is 1.66 bits per heavy atom. The molecule has 7 nitrogen and oxygen atoms in total. The second kappa shape index (κ2) is 10.2. The van der Waals surface area contributed by atoms with E-state index in [2.05, 4.69) is 20.4 Å². The number of likely N-dealkylation sites (tertiary alicyclic amines) is 2. The van der Waals surface area contributed by atoms with Crippen molar-refractivity contribution in [3.05, 3.63) is 42.0 Å². The quantitative estimate of drug-likeness (QED) is 0.683. The normalized spacial score (nSPS) is 27.3. The van der Waals surface area contributed by atoms with Gasteiger partial charge in [0, 0.05) is 63.1 Å². The van der Waals surface area contributed by atoms with Gasteiger partial charge in [-0.25, -0.2) is 0 Å². The van der Waals surface area contributed by atoms with E-state index in [1.807, 2.05) is 41.3 Å². The second-order valence-electron chi connectivity index (χ2n) is 11.0. The number of amides is 1. The molecule has 3 saturated heterocycles. The number of benzene rings is 1. The van der Waals surface area contributed by atoms with E-state index in [0.717, 1.165) is 79.5 Å². The molecule has 0 spiro atoms. The zero-order chi connectivity index (χ0) is 23.6. The van der Waals surface area contributed by atoms with Crippen LogP contribution in [0.2, 0.25) is 0 Å². The van der Waals surface area contributed by atoms with Gasteiger partial charge < -0.3 is 19.9 Å². The molecule has 4 fully saturated rings. The van der Waals surface area contributed by atoms with Gasteiger partial charge in [-0.1, -0.05) is 12.1 Å². The van der Waals surface area contributed by atoms with Crippen molar-refractivity contribution in [3.8, 4) is 11.3 Å². The van der Waals surface area contributed by atoms with Gasteiger partial charge in [0.25, 0.3) is 5.91 Å². The average molecular weight is 476 g/mol. The summed E-state index contributed by atoms with van der Waals surface area (Å²) < 4.78 is 5.52. The van der Waals surface area contributed by atoms with Crippen molar-refractivity contribution >= 4 is 11.7 Å². The predicted octanol–water partition coefficient (Wildman–Crippen LogP) is 3.93. The molecule has 3 aliphatic heterocycles. The molecular formula is C28H37N5O2. The maximum absolute atomic E-state index is 12.6. The lowest BCUT2D eigenvalue weighted by atomic mass is 10.00. The fourth-order valence-electron chi connectivity index (χ4n) is 6.62. The van der Waals surface area contributed by atoms with Crippen molar-refractivity contribution in [3.63, 3.8) is 0 Å². The summed E-state index contributed by atoms with van der Waals surface area (Å²) in [6.45, 7) is 7.40. The Morgan fingerprint density at radius 1 is 0.943 bits per heavy atom. The molecule has 7 heteroatoms. The van der Waals surface area contributed by atoms with E-state index in [-0.39, 0.29) is 5.91 Å². The number of fused-ring (bicyclic) bond motifs is 1. The van der Waals surface area contributed by atoms with Crippen molar-refractivity contribution < 1.29 is 9.53 Å². The summed E-state index contributed by atoms with van der Waals surface area (Å²) in [4.78, 5) is 17.2. The number of aromatic nitrogens is 2. The van der Waals surface area contributed by atoms with Crippen LogP contribution in [0, 0.1) is 17.8 Å². The van der Waals surface area contributed by atoms with Gasteiger partial charge in [-0.2, -0.15) is 0 Å². The Balaban J connectivity index is 0.997. The summed E-state index contributed by atoms with van der Waals surface area (Å²) in [5.74, 6) is 3.43. The smallest absolute Gasteiger partial charge is 0.253 e. The van der Waals surface area contributed by atoms with Crippen LogP contribution in [0.3, 0.4) is 0 Å². The molecule has 0 radical (unpaired) electrons. The van der Waals surface area contributed by atoms with Crippen LogP contribution in [0.25, 0.3) is 11.3 Å². The van der Waals surface area contributed by atoms with E-state index in [9.17, 15) is 4.79 Å². The minimum atomic E-state index is 0.132. The van der Waals surface area contributed by atoms with Gasteiger partial charge in [0.05, 0.1) is 5.69 Å². The molecule has 6 rings (SSSR count). The Labute approximate surface area is 208 Å². The largest absolute Gasteiger partial charge is 0.381 e. The number of anilines is 1. The van der Waals surface area contributed by atoms with Crippen molar-refractivity contribution in [2.45, 2.75) is 44.6 Å². The van der Waals surface area contributed by atoms with Crippen LogP contribution in [0.4, 0.5) is 5.82 Å². The highest BCUT2D eigenvalue weighted by molar-refractivity contribution is 5.94. The maximum Gasteiger partial charge on any atom is 0.253 e. The Hall–Kier alpha value is -2.51. The zero-order valence-corrected chi connectivity index (χ0v) is 20.6. The molecule has 1 N–H and O–H groups in total. The molecule has 35 heavy (non-hydrogen) atoms. The molecule has 1 amide bonds. The van der Waals surface area contributed by atoms with Crippen molar-refractivity contribution in [1.29, 1.82) is 0 Å². The third-order valence-electron chi connectivity index (χ3n) is 8.52. The Bertz CT molecular complexity index is 985. The molecule has 1 saturated carbocycles. The van der Waals surface area contributed by atoms with Crippen molar-refractivity contribution in [1.82, 2.24) is 20.0 Å². The second-order valence-corrected chi connectivity index (χ2v) is 11.0. The first-order chi connectivity index (χ1) is 17.2. The van der Waals surface area contributed by atoms with Crippen LogP contribution in [-0.4, -0.2) is 77.9 Å². The molecular weight excluding hydrogens is 438 g/mol. The summed E-state index contributed by atoms with van der Waals surface area (Å²) in [5, 5.41) is 12.6. The molecule has 4 heterocycles. The lowest BCUT2D eigenvalue weighted by molar-refractivity contribution is 0.0545. The first-order valence-electron chi connectivity index (χ1n) is 13.5. The van der Waals surface area contributed by atoms with Crippen LogP contribution in [0.15, 0.2) is 36.4 Å². The van der Waals surface area contributed by atoms with Gasteiger partial charge in [0.1, 0.15) is 5.82 Å². The molecule has 0 bridgehead atoms. The van der Waals surface area contributed by atoms with E-state index in [0.29, 0.717) is 6.04 Å². The van der Waals surface area contributed by atoms with Gasteiger partial charge >= 0.3 is 0 Å². The summed E-state index contributed by atoms with van der Waals surface area (Å²) >= 11 is 0. The molecule has 4 aliphatic rings. The summed E-state index contributed by atoms with van der Waals surface area (Å²) in [7, 11) is 0. The molecule has 1 aromatic carbocycles. The van der Waals surface area contributed by atoms with Crippen molar-refractivity contribution in [2.75, 3.05) is 51.3 Å². The Morgan fingerprint density at radius 3 is 2.31 bits per heavy atom. The average Bonchev–Trinajstić information content (AvgIpc) is 3.63. The third-order valence-corrected chi connectivity index (χ3v) is 8.52. The molecule has 186 valence electrons. The topological polar surface area (TPSA) is 70.6 Å². The number of ether oxygens (including phenoxy) is 1. The van der Waals surface area contributed by atoms with E-state index in [4.69, 9.17) is 4.74 Å². The van der Waals surface area contributed by atoms with Crippen LogP contribution >= 0.6 is 0 Å². The fourth-order valence-corrected chi connectivity index (χ4v) is 6.62. The van der Waals surface area contributed by atoms with E-state index in [1.54, 1.807) is 0 Å². The number of hydrogen-bond acceptors (Lipinski definition) is 6. The van der Waals surface area contributed by atoms with Gasteiger partial charge in [0.2, 0.25) is 0 Å². The first kappa shape index (κ1) is 22.9. The third kappa shape index (κ3) is 5.21. The van der Waals surface area contributed by atoms with Gasteiger partial charge in [-0.05, 0) is 80.5 Å². The van der Waals surface area contributed by atoms with E-state index in [1.165, 1.54) is 45.3 Å². The molecule has 3 atom stereocenters. The highest BCUT2D eigenvalue weighted by atomic mass is 16.5. The highest BCUT2D eigenvalue weighted by Gasteiger charge is 2.41. The highest BCUT2D eigenvalue weighted by Crippen LogP contribution is 2.39. The Kier molecular flexibility index (Phi) is 6.70. The van der Waals surface area contributed by atoms with Gasteiger partial charge in [0.15, 0.2) is 0 Å². The fraction of sp³-hybridized carbons (Fsp3) is 0.607. The molecule has 1 aromatic heterocycles. The van der Waals surface area contributed by atoms with Crippen molar-refractivity contribution in [2.24, 2.45) is 17.8 Å². The number of hydrogen-bond donors (Lipinski definition) is 1. The van der Waals surface area contributed by atoms with Crippen LogP contribution < -0.4 is 5.32 Å². The maximum atomic E-state index is 12.6.